The van der Waals surface area contributed by atoms with Gasteiger partial charge in [0.1, 0.15) is 0 Å². The second-order valence-electron chi connectivity index (χ2n) is 4.55. The number of hydrogen-bond donors (Lipinski definition) is 2. The van der Waals surface area contributed by atoms with Crippen LogP contribution in [0.15, 0.2) is 24.3 Å². The molecule has 2 N–H and O–H groups in total. The largest absolute Gasteiger partial charge is 0.324 e. The molecule has 0 unspecified atom stereocenters. The highest BCUT2D eigenvalue weighted by Crippen LogP contribution is 2.16. The fourth-order valence-electron chi connectivity index (χ4n) is 2.05. The third-order valence-electron chi connectivity index (χ3n) is 3.13. The van der Waals surface area contributed by atoms with E-state index in [9.17, 15) is 4.79 Å². The van der Waals surface area contributed by atoms with E-state index in [1.54, 1.807) is 0 Å². The third kappa shape index (κ3) is 4.91. The minimum absolute atomic E-state index is 0. The molecule has 0 radical (unpaired) electrons. The minimum Gasteiger partial charge on any atom is -0.324 e. The molecule has 19 heavy (non-hydrogen) atoms. The van der Waals surface area contributed by atoms with Crippen molar-refractivity contribution in [1.82, 2.24) is 10.2 Å². The maximum Gasteiger partial charge on any atom is 0.238 e. The standard InChI is InChI=1S/C13H18IN3O.ClH/c1-10-8-15-6-7-17(10)9-13(18)16-12-5-3-2-4-11(12)14;/h2-5,10,15H,6-9H2,1H3,(H,16,18);1H/t10-;/m1./s1. The maximum atomic E-state index is 12.0. The zero-order valence-corrected chi connectivity index (χ0v) is 13.8. The molecule has 1 atom stereocenters. The minimum atomic E-state index is 0. The average Bonchev–Trinajstić information content (AvgIpc) is 2.35. The van der Waals surface area contributed by atoms with Gasteiger partial charge in [0.15, 0.2) is 0 Å². The zero-order valence-electron chi connectivity index (χ0n) is 10.9. The highest BCUT2D eigenvalue weighted by molar-refractivity contribution is 14.1. The Labute approximate surface area is 133 Å². The second kappa shape index (κ2) is 8.04. The Morgan fingerprint density at radius 3 is 2.95 bits per heavy atom. The fraction of sp³-hybridized carbons (Fsp3) is 0.462. The van der Waals surface area contributed by atoms with Gasteiger partial charge in [-0.15, -0.1) is 12.4 Å². The Kier molecular flexibility index (Phi) is 7.06. The van der Waals surface area contributed by atoms with Crippen LogP contribution in [-0.2, 0) is 4.79 Å². The first-order valence-electron chi connectivity index (χ1n) is 6.16. The topological polar surface area (TPSA) is 44.4 Å². The first-order valence-corrected chi connectivity index (χ1v) is 7.24. The number of nitrogens with zero attached hydrogens (tertiary/aromatic N) is 1. The lowest BCUT2D eigenvalue weighted by Gasteiger charge is -2.33. The molecule has 0 aliphatic carbocycles. The molecule has 1 heterocycles. The maximum absolute atomic E-state index is 12.0. The van der Waals surface area contributed by atoms with E-state index >= 15 is 0 Å². The Morgan fingerprint density at radius 2 is 2.26 bits per heavy atom. The fourth-order valence-corrected chi connectivity index (χ4v) is 2.58. The van der Waals surface area contributed by atoms with E-state index < -0.39 is 0 Å². The van der Waals surface area contributed by atoms with Gasteiger partial charge in [-0.25, -0.2) is 0 Å². The molecule has 2 rings (SSSR count). The second-order valence-corrected chi connectivity index (χ2v) is 5.71. The Balaban J connectivity index is 0.00000180. The van der Waals surface area contributed by atoms with Crippen LogP contribution in [0.5, 0.6) is 0 Å². The van der Waals surface area contributed by atoms with Crippen molar-refractivity contribution in [2.75, 3.05) is 31.5 Å². The van der Waals surface area contributed by atoms with Crippen molar-refractivity contribution in [1.29, 1.82) is 0 Å². The smallest absolute Gasteiger partial charge is 0.238 e. The molecular weight excluding hydrogens is 377 g/mol. The van der Waals surface area contributed by atoms with Crippen LogP contribution in [0.3, 0.4) is 0 Å². The monoisotopic (exact) mass is 395 g/mol. The molecule has 0 spiro atoms. The summed E-state index contributed by atoms with van der Waals surface area (Å²) >= 11 is 2.23. The van der Waals surface area contributed by atoms with Crippen molar-refractivity contribution in [3.63, 3.8) is 0 Å². The van der Waals surface area contributed by atoms with E-state index in [-0.39, 0.29) is 18.3 Å². The van der Waals surface area contributed by atoms with Crippen molar-refractivity contribution in [2.24, 2.45) is 0 Å². The lowest BCUT2D eigenvalue weighted by molar-refractivity contribution is -0.118. The quantitative estimate of drug-likeness (QED) is 0.769. The zero-order chi connectivity index (χ0) is 13.0. The number of anilines is 1. The molecule has 0 saturated carbocycles. The molecule has 0 bridgehead atoms. The van der Waals surface area contributed by atoms with Gasteiger partial charge in [-0.1, -0.05) is 12.1 Å². The molecule has 1 aromatic rings. The van der Waals surface area contributed by atoms with E-state index in [1.165, 1.54) is 0 Å². The van der Waals surface area contributed by atoms with Crippen molar-refractivity contribution in [3.05, 3.63) is 27.8 Å². The van der Waals surface area contributed by atoms with E-state index in [1.807, 2.05) is 24.3 Å². The number of nitrogens with one attached hydrogen (secondary N) is 2. The number of carbonyl (C=O) groups excluding carboxylic acids is 1. The highest BCUT2D eigenvalue weighted by Gasteiger charge is 2.20. The number of benzene rings is 1. The van der Waals surface area contributed by atoms with Gasteiger partial charge in [0.05, 0.1) is 12.2 Å². The van der Waals surface area contributed by atoms with E-state index in [0.717, 1.165) is 28.9 Å². The van der Waals surface area contributed by atoms with Crippen molar-refractivity contribution >= 4 is 46.6 Å². The number of para-hydroxylation sites is 1. The van der Waals surface area contributed by atoms with Crippen LogP contribution < -0.4 is 10.6 Å². The summed E-state index contributed by atoms with van der Waals surface area (Å²) in [6.45, 7) is 5.46. The summed E-state index contributed by atoms with van der Waals surface area (Å²) in [4.78, 5) is 14.2. The van der Waals surface area contributed by atoms with Crippen LogP contribution in [0.4, 0.5) is 5.69 Å². The Bertz CT molecular complexity index is 430. The SMILES string of the molecule is C[C@@H]1CNCCN1CC(=O)Nc1ccccc1I.Cl. The predicted octanol–water partition coefficient (Wildman–Crippen LogP) is 1.95. The first kappa shape index (κ1) is 16.7. The molecule has 1 aliphatic heterocycles. The van der Waals surface area contributed by atoms with Gasteiger partial charge < -0.3 is 10.6 Å². The normalized spacial score (nSPS) is 19.6. The Morgan fingerprint density at radius 1 is 1.53 bits per heavy atom. The molecule has 1 aromatic carbocycles. The first-order chi connectivity index (χ1) is 8.66. The van der Waals surface area contributed by atoms with E-state index in [2.05, 4.69) is 45.0 Å². The number of carbonyl (C=O) groups is 1. The van der Waals surface area contributed by atoms with Gasteiger partial charge in [0.2, 0.25) is 5.91 Å². The van der Waals surface area contributed by atoms with Crippen molar-refractivity contribution < 1.29 is 4.79 Å². The number of hydrogen-bond acceptors (Lipinski definition) is 3. The van der Waals surface area contributed by atoms with Gasteiger partial charge in [0, 0.05) is 29.2 Å². The molecule has 106 valence electrons. The van der Waals surface area contributed by atoms with Crippen LogP contribution in [0.1, 0.15) is 6.92 Å². The van der Waals surface area contributed by atoms with E-state index in [0.29, 0.717) is 12.6 Å². The van der Waals surface area contributed by atoms with E-state index in [4.69, 9.17) is 0 Å². The Hall–Kier alpha value is -0.370. The van der Waals surface area contributed by atoms with Gasteiger partial charge in [-0.2, -0.15) is 0 Å². The van der Waals surface area contributed by atoms with Crippen LogP contribution in [0, 0.1) is 3.57 Å². The summed E-state index contributed by atoms with van der Waals surface area (Å²) in [7, 11) is 0. The summed E-state index contributed by atoms with van der Waals surface area (Å²) in [6, 6.07) is 8.24. The number of rotatable bonds is 3. The highest BCUT2D eigenvalue weighted by atomic mass is 127. The lowest BCUT2D eigenvalue weighted by Crippen LogP contribution is -2.52. The van der Waals surface area contributed by atoms with Crippen LogP contribution in [0.25, 0.3) is 0 Å². The van der Waals surface area contributed by atoms with Crippen molar-refractivity contribution in [3.8, 4) is 0 Å². The molecule has 1 amide bonds. The number of halogens is 2. The van der Waals surface area contributed by atoms with Gasteiger partial charge in [-0.3, -0.25) is 9.69 Å². The van der Waals surface area contributed by atoms with Gasteiger partial charge in [0.25, 0.3) is 0 Å². The molecule has 6 heteroatoms. The average molecular weight is 396 g/mol. The van der Waals surface area contributed by atoms with Crippen LogP contribution in [0.2, 0.25) is 0 Å². The van der Waals surface area contributed by atoms with Crippen molar-refractivity contribution in [2.45, 2.75) is 13.0 Å². The van der Waals surface area contributed by atoms with Crippen LogP contribution >= 0.6 is 35.0 Å². The summed E-state index contributed by atoms with van der Waals surface area (Å²) in [5.74, 6) is 0.0628. The molecule has 1 saturated heterocycles. The number of piperazine rings is 1. The third-order valence-corrected chi connectivity index (χ3v) is 4.07. The van der Waals surface area contributed by atoms with Gasteiger partial charge in [-0.05, 0) is 41.6 Å². The van der Waals surface area contributed by atoms with Crippen LogP contribution in [-0.4, -0.2) is 43.0 Å². The molecule has 1 fully saturated rings. The summed E-state index contributed by atoms with van der Waals surface area (Å²) in [5, 5.41) is 6.29. The molecule has 1 aliphatic rings. The summed E-state index contributed by atoms with van der Waals surface area (Å²) in [5.41, 5.74) is 0.894. The number of amides is 1. The van der Waals surface area contributed by atoms with Gasteiger partial charge >= 0.3 is 0 Å². The molecule has 0 aromatic heterocycles. The molecular formula is C13H19ClIN3O. The lowest BCUT2D eigenvalue weighted by atomic mass is 10.2. The summed E-state index contributed by atoms with van der Waals surface area (Å²) < 4.78 is 1.07. The summed E-state index contributed by atoms with van der Waals surface area (Å²) in [6.07, 6.45) is 0. The molecule has 4 nitrogen and oxygen atoms in total. The predicted molar refractivity (Wildman–Crippen MR) is 88.9 cm³/mol.